The molecule has 2 aromatic rings. The zero-order valence-electron chi connectivity index (χ0n) is 13.6. The first-order chi connectivity index (χ1) is 11.5. The number of nitrogens with zero attached hydrogens (tertiary/aromatic N) is 1. The van der Waals surface area contributed by atoms with Crippen molar-refractivity contribution in [1.82, 2.24) is 0 Å². The highest BCUT2D eigenvalue weighted by molar-refractivity contribution is 9.10. The molecule has 0 aromatic heterocycles. The van der Waals surface area contributed by atoms with E-state index >= 15 is 0 Å². The monoisotopic (exact) mass is 406 g/mol. The maximum atomic E-state index is 12.3. The van der Waals surface area contributed by atoms with E-state index in [1.807, 2.05) is 30.3 Å². The molecule has 5 heteroatoms. The molecule has 0 atom stereocenters. The molecule has 126 valence electrons. The molecule has 0 bridgehead atoms. The van der Waals surface area contributed by atoms with Gasteiger partial charge in [0.15, 0.2) is 0 Å². The number of hydrogen-bond donors (Lipinski definition) is 1. The smallest absolute Gasteiger partial charge is 0.255 e. The van der Waals surface area contributed by atoms with Gasteiger partial charge in [-0.1, -0.05) is 34.5 Å². The van der Waals surface area contributed by atoms with Crippen molar-refractivity contribution in [2.75, 3.05) is 23.3 Å². The van der Waals surface area contributed by atoms with Crippen LogP contribution in [0, 0.1) is 5.92 Å². The summed E-state index contributed by atoms with van der Waals surface area (Å²) in [6.07, 6.45) is 2.39. The zero-order chi connectivity index (χ0) is 17.1. The Labute approximate surface area is 156 Å². The van der Waals surface area contributed by atoms with Crippen LogP contribution in [0.2, 0.25) is 5.02 Å². The first-order valence-corrected chi connectivity index (χ1v) is 9.31. The van der Waals surface area contributed by atoms with Gasteiger partial charge in [0.25, 0.3) is 5.91 Å². The summed E-state index contributed by atoms with van der Waals surface area (Å²) in [4.78, 5) is 14.6. The Morgan fingerprint density at radius 2 is 1.83 bits per heavy atom. The van der Waals surface area contributed by atoms with Crippen molar-refractivity contribution in [2.45, 2.75) is 19.8 Å². The van der Waals surface area contributed by atoms with Gasteiger partial charge in [0.05, 0.1) is 10.7 Å². The first kappa shape index (κ1) is 17.3. The number of hydrogen-bond acceptors (Lipinski definition) is 2. The van der Waals surface area contributed by atoms with Crippen LogP contribution in [0.4, 0.5) is 11.4 Å². The number of carbonyl (C=O) groups excluding carboxylic acids is 1. The Morgan fingerprint density at radius 3 is 2.46 bits per heavy atom. The molecule has 3 rings (SSSR count). The van der Waals surface area contributed by atoms with E-state index in [9.17, 15) is 4.79 Å². The Bertz CT molecular complexity index is 725. The summed E-state index contributed by atoms with van der Waals surface area (Å²) in [5.41, 5.74) is 2.37. The standard InChI is InChI=1S/C19H20BrClN2O/c1-13-8-10-23(11-9-13)18-7-6-16(12-17(18)21)22-19(24)14-2-4-15(20)5-3-14/h2-7,12-13H,8-11H2,1H3,(H,22,24). The molecule has 24 heavy (non-hydrogen) atoms. The van der Waals surface area contributed by atoms with Crippen LogP contribution in [0.1, 0.15) is 30.1 Å². The molecule has 0 saturated carbocycles. The lowest BCUT2D eigenvalue weighted by atomic mass is 9.99. The van der Waals surface area contributed by atoms with Gasteiger partial charge in [-0.3, -0.25) is 4.79 Å². The van der Waals surface area contributed by atoms with E-state index in [-0.39, 0.29) is 5.91 Å². The second-order valence-corrected chi connectivity index (χ2v) is 7.62. The van der Waals surface area contributed by atoms with Crippen LogP contribution in [0.3, 0.4) is 0 Å². The highest BCUT2D eigenvalue weighted by Crippen LogP contribution is 2.32. The van der Waals surface area contributed by atoms with E-state index in [0.29, 0.717) is 16.3 Å². The second-order valence-electron chi connectivity index (χ2n) is 6.30. The van der Waals surface area contributed by atoms with Gasteiger partial charge >= 0.3 is 0 Å². The highest BCUT2D eigenvalue weighted by Gasteiger charge is 2.18. The summed E-state index contributed by atoms with van der Waals surface area (Å²) < 4.78 is 0.947. The lowest BCUT2D eigenvalue weighted by Crippen LogP contribution is -2.32. The number of carbonyl (C=O) groups is 1. The van der Waals surface area contributed by atoms with Crippen molar-refractivity contribution in [3.8, 4) is 0 Å². The highest BCUT2D eigenvalue weighted by atomic mass is 79.9. The molecule has 1 N–H and O–H groups in total. The van der Waals surface area contributed by atoms with Gasteiger partial charge in [0.1, 0.15) is 0 Å². The van der Waals surface area contributed by atoms with E-state index in [4.69, 9.17) is 11.6 Å². The van der Waals surface area contributed by atoms with Crippen molar-refractivity contribution in [2.24, 2.45) is 5.92 Å². The van der Waals surface area contributed by atoms with E-state index in [1.165, 1.54) is 12.8 Å². The molecule has 1 amide bonds. The first-order valence-electron chi connectivity index (χ1n) is 8.14. The summed E-state index contributed by atoms with van der Waals surface area (Å²) in [5, 5.41) is 3.58. The number of piperidine rings is 1. The predicted molar refractivity (Wildman–Crippen MR) is 104 cm³/mol. The van der Waals surface area contributed by atoms with Crippen LogP contribution < -0.4 is 10.2 Å². The molecule has 1 aliphatic heterocycles. The predicted octanol–water partition coefficient (Wildman–Crippen LogP) is 5.59. The van der Waals surface area contributed by atoms with Crippen LogP contribution in [-0.4, -0.2) is 19.0 Å². The second kappa shape index (κ2) is 7.58. The van der Waals surface area contributed by atoms with Gasteiger partial charge in [-0.05, 0) is 61.2 Å². The SMILES string of the molecule is CC1CCN(c2ccc(NC(=O)c3ccc(Br)cc3)cc2Cl)CC1. The number of nitrogens with one attached hydrogen (secondary N) is 1. The molecule has 2 aromatic carbocycles. The Kier molecular flexibility index (Phi) is 5.47. The van der Waals surface area contributed by atoms with Crippen LogP contribution >= 0.6 is 27.5 Å². The number of amides is 1. The molecule has 3 nitrogen and oxygen atoms in total. The summed E-state index contributed by atoms with van der Waals surface area (Å²) >= 11 is 9.82. The third kappa shape index (κ3) is 4.11. The fraction of sp³-hybridized carbons (Fsp3) is 0.316. The average molecular weight is 408 g/mol. The number of benzene rings is 2. The van der Waals surface area contributed by atoms with Crippen molar-refractivity contribution < 1.29 is 4.79 Å². The molecule has 0 spiro atoms. The van der Waals surface area contributed by atoms with E-state index < -0.39 is 0 Å². The van der Waals surface area contributed by atoms with Crippen LogP contribution in [0.25, 0.3) is 0 Å². The molecule has 1 aliphatic rings. The minimum atomic E-state index is -0.141. The molecular weight excluding hydrogens is 388 g/mol. The molecule has 1 fully saturated rings. The van der Waals surface area contributed by atoms with Gasteiger partial charge in [0, 0.05) is 28.8 Å². The topological polar surface area (TPSA) is 32.3 Å². The Hall–Kier alpha value is -1.52. The largest absolute Gasteiger partial charge is 0.370 e. The molecule has 0 unspecified atom stereocenters. The third-order valence-electron chi connectivity index (χ3n) is 4.44. The summed E-state index contributed by atoms with van der Waals surface area (Å²) in [5.74, 6) is 0.641. The minimum absolute atomic E-state index is 0.141. The van der Waals surface area contributed by atoms with Crippen LogP contribution in [0.5, 0.6) is 0 Å². The van der Waals surface area contributed by atoms with Crippen LogP contribution in [0.15, 0.2) is 46.9 Å². The Morgan fingerprint density at radius 1 is 1.17 bits per heavy atom. The number of anilines is 2. The third-order valence-corrected chi connectivity index (χ3v) is 5.27. The van der Waals surface area contributed by atoms with Gasteiger partial charge in [-0.25, -0.2) is 0 Å². The molecular formula is C19H20BrClN2O. The maximum Gasteiger partial charge on any atom is 0.255 e. The van der Waals surface area contributed by atoms with Gasteiger partial charge < -0.3 is 10.2 Å². The van der Waals surface area contributed by atoms with Gasteiger partial charge in [-0.15, -0.1) is 0 Å². The molecule has 1 heterocycles. The van der Waals surface area contributed by atoms with E-state index in [1.54, 1.807) is 12.1 Å². The van der Waals surface area contributed by atoms with Crippen molar-refractivity contribution in [3.05, 3.63) is 57.5 Å². The maximum absolute atomic E-state index is 12.3. The molecule has 0 radical (unpaired) electrons. The summed E-state index contributed by atoms with van der Waals surface area (Å²) in [6, 6.07) is 13.0. The van der Waals surface area contributed by atoms with Crippen molar-refractivity contribution in [3.63, 3.8) is 0 Å². The molecule has 0 aliphatic carbocycles. The van der Waals surface area contributed by atoms with E-state index in [2.05, 4.69) is 33.1 Å². The van der Waals surface area contributed by atoms with Gasteiger partial charge in [-0.2, -0.15) is 0 Å². The lowest BCUT2D eigenvalue weighted by molar-refractivity contribution is 0.102. The summed E-state index contributed by atoms with van der Waals surface area (Å²) in [7, 11) is 0. The van der Waals surface area contributed by atoms with Gasteiger partial charge in [0.2, 0.25) is 0 Å². The minimum Gasteiger partial charge on any atom is -0.370 e. The number of rotatable bonds is 3. The van der Waals surface area contributed by atoms with E-state index in [0.717, 1.165) is 29.2 Å². The normalized spacial score (nSPS) is 15.4. The summed E-state index contributed by atoms with van der Waals surface area (Å²) in [6.45, 7) is 4.36. The fourth-order valence-electron chi connectivity index (χ4n) is 2.90. The zero-order valence-corrected chi connectivity index (χ0v) is 15.9. The fourth-order valence-corrected chi connectivity index (χ4v) is 3.46. The van der Waals surface area contributed by atoms with Crippen LogP contribution in [-0.2, 0) is 0 Å². The number of halogens is 2. The molecule has 1 saturated heterocycles. The average Bonchev–Trinajstić information content (AvgIpc) is 2.57. The van der Waals surface area contributed by atoms with Crippen molar-refractivity contribution >= 4 is 44.8 Å². The quantitative estimate of drug-likeness (QED) is 0.719. The van der Waals surface area contributed by atoms with Crippen molar-refractivity contribution in [1.29, 1.82) is 0 Å². The Balaban J connectivity index is 1.70. The lowest BCUT2D eigenvalue weighted by Gasteiger charge is -2.32.